The molecule has 10 heavy (non-hydrogen) atoms. The summed E-state index contributed by atoms with van der Waals surface area (Å²) in [5.74, 6) is 0.528. The van der Waals surface area contributed by atoms with Crippen molar-refractivity contribution < 1.29 is 4.74 Å². The highest BCUT2D eigenvalue weighted by atomic mass is 35.5. The van der Waals surface area contributed by atoms with Crippen LogP contribution in [-0.4, -0.2) is 37.1 Å². The lowest BCUT2D eigenvalue weighted by Gasteiger charge is -2.29. The van der Waals surface area contributed by atoms with Gasteiger partial charge in [0, 0.05) is 18.8 Å². The van der Waals surface area contributed by atoms with Gasteiger partial charge in [0.2, 0.25) is 0 Å². The third kappa shape index (κ3) is 1.89. The van der Waals surface area contributed by atoms with E-state index in [4.69, 9.17) is 16.3 Å². The predicted octanol–water partition coefficient (Wildman–Crippen LogP) is 1.07. The molecule has 0 unspecified atom stereocenters. The van der Waals surface area contributed by atoms with Crippen LogP contribution in [0.4, 0.5) is 0 Å². The molecule has 0 radical (unpaired) electrons. The van der Waals surface area contributed by atoms with Crippen LogP contribution in [0.25, 0.3) is 0 Å². The van der Waals surface area contributed by atoms with Crippen molar-refractivity contribution in [2.24, 2.45) is 0 Å². The van der Waals surface area contributed by atoms with Gasteiger partial charge in [-0.05, 0) is 0 Å². The first kappa shape index (κ1) is 7.89. The largest absolute Gasteiger partial charge is 0.378 e. The number of ether oxygens (including phenoxy) is 1. The second kappa shape index (κ2) is 3.84. The van der Waals surface area contributed by atoms with E-state index in [2.05, 4.69) is 11.5 Å². The van der Waals surface area contributed by atoms with Crippen LogP contribution in [0, 0.1) is 0 Å². The lowest BCUT2D eigenvalue weighted by atomic mass is 10.4. The van der Waals surface area contributed by atoms with Gasteiger partial charge in [0.15, 0.2) is 0 Å². The van der Waals surface area contributed by atoms with Crippen LogP contribution in [0.2, 0.25) is 0 Å². The van der Waals surface area contributed by atoms with Gasteiger partial charge in [-0.1, -0.05) is 6.58 Å². The van der Waals surface area contributed by atoms with Crippen molar-refractivity contribution in [3.05, 3.63) is 12.3 Å². The molecule has 0 bridgehead atoms. The first-order valence-electron chi connectivity index (χ1n) is 3.41. The van der Waals surface area contributed by atoms with Crippen LogP contribution in [-0.2, 0) is 4.74 Å². The standard InChI is InChI=1S/C7H12ClNO/c1-7(6-8)9-2-4-10-5-3-9/h1-6H2. The molecular formula is C7H12ClNO. The van der Waals surface area contributed by atoms with E-state index in [1.807, 2.05) is 0 Å². The summed E-state index contributed by atoms with van der Waals surface area (Å²) in [7, 11) is 0. The summed E-state index contributed by atoms with van der Waals surface area (Å²) in [4.78, 5) is 2.16. The molecule has 58 valence electrons. The van der Waals surface area contributed by atoms with Crippen molar-refractivity contribution in [3.8, 4) is 0 Å². The van der Waals surface area contributed by atoms with Gasteiger partial charge in [-0.3, -0.25) is 0 Å². The summed E-state index contributed by atoms with van der Waals surface area (Å²) in [6, 6.07) is 0. The van der Waals surface area contributed by atoms with Crippen LogP contribution in [0.3, 0.4) is 0 Å². The zero-order valence-electron chi connectivity index (χ0n) is 5.98. The maximum atomic E-state index is 5.60. The first-order valence-corrected chi connectivity index (χ1v) is 3.94. The van der Waals surface area contributed by atoms with Crippen molar-refractivity contribution in [2.45, 2.75) is 0 Å². The highest BCUT2D eigenvalue weighted by Gasteiger charge is 2.10. The van der Waals surface area contributed by atoms with Crippen LogP contribution in [0.5, 0.6) is 0 Å². The average molecular weight is 162 g/mol. The Balaban J connectivity index is 2.31. The Labute approximate surface area is 66.4 Å². The van der Waals surface area contributed by atoms with Crippen molar-refractivity contribution in [1.82, 2.24) is 4.90 Å². The summed E-state index contributed by atoms with van der Waals surface area (Å²) in [6.45, 7) is 7.31. The second-order valence-electron chi connectivity index (χ2n) is 2.30. The molecule has 0 atom stereocenters. The van der Waals surface area contributed by atoms with Crippen LogP contribution < -0.4 is 0 Å². The molecule has 0 N–H and O–H groups in total. The molecule has 1 heterocycles. The van der Waals surface area contributed by atoms with E-state index in [9.17, 15) is 0 Å². The van der Waals surface area contributed by atoms with E-state index >= 15 is 0 Å². The molecule has 3 heteroatoms. The van der Waals surface area contributed by atoms with Gasteiger partial charge < -0.3 is 9.64 Å². The van der Waals surface area contributed by atoms with E-state index in [0.717, 1.165) is 32.0 Å². The summed E-state index contributed by atoms with van der Waals surface area (Å²) < 4.78 is 5.17. The van der Waals surface area contributed by atoms with E-state index in [1.54, 1.807) is 0 Å². The van der Waals surface area contributed by atoms with E-state index < -0.39 is 0 Å². The molecule has 2 nitrogen and oxygen atoms in total. The van der Waals surface area contributed by atoms with Gasteiger partial charge in [-0.15, -0.1) is 11.6 Å². The van der Waals surface area contributed by atoms with Crippen molar-refractivity contribution in [2.75, 3.05) is 32.2 Å². The lowest BCUT2D eigenvalue weighted by molar-refractivity contribution is 0.0542. The predicted molar refractivity (Wildman–Crippen MR) is 42.3 cm³/mol. The van der Waals surface area contributed by atoms with Gasteiger partial charge in [0.25, 0.3) is 0 Å². The summed E-state index contributed by atoms with van der Waals surface area (Å²) >= 11 is 5.60. The van der Waals surface area contributed by atoms with Crippen LogP contribution >= 0.6 is 11.6 Å². The highest BCUT2D eigenvalue weighted by molar-refractivity contribution is 6.19. The number of nitrogens with zero attached hydrogens (tertiary/aromatic N) is 1. The molecule has 0 amide bonds. The lowest BCUT2D eigenvalue weighted by Crippen LogP contribution is -2.35. The molecule has 0 spiro atoms. The Morgan fingerprint density at radius 1 is 1.50 bits per heavy atom. The Kier molecular flexibility index (Phi) is 3.03. The normalized spacial score (nSPS) is 19.1. The van der Waals surface area contributed by atoms with E-state index in [1.165, 1.54) is 0 Å². The van der Waals surface area contributed by atoms with Gasteiger partial charge in [0.05, 0.1) is 19.1 Å². The number of halogens is 1. The third-order valence-electron chi connectivity index (χ3n) is 1.61. The number of hydrogen-bond donors (Lipinski definition) is 0. The maximum Gasteiger partial charge on any atom is 0.0642 e. The number of morpholine rings is 1. The zero-order chi connectivity index (χ0) is 7.40. The minimum Gasteiger partial charge on any atom is -0.378 e. The van der Waals surface area contributed by atoms with E-state index in [-0.39, 0.29) is 0 Å². The molecule has 0 aromatic heterocycles. The second-order valence-corrected chi connectivity index (χ2v) is 2.57. The quantitative estimate of drug-likeness (QED) is 0.562. The molecular weight excluding hydrogens is 150 g/mol. The first-order chi connectivity index (χ1) is 4.84. The van der Waals surface area contributed by atoms with Gasteiger partial charge in [0.1, 0.15) is 0 Å². The fourth-order valence-corrected chi connectivity index (χ4v) is 1.13. The van der Waals surface area contributed by atoms with E-state index in [0.29, 0.717) is 5.88 Å². The molecule has 1 aliphatic heterocycles. The molecule has 0 aliphatic carbocycles. The molecule has 0 aromatic rings. The Bertz CT molecular complexity index is 121. The topological polar surface area (TPSA) is 12.5 Å². The summed E-state index contributed by atoms with van der Waals surface area (Å²) in [5.41, 5.74) is 1.00. The Morgan fingerprint density at radius 2 is 2.10 bits per heavy atom. The molecule has 1 fully saturated rings. The molecule has 1 saturated heterocycles. The van der Waals surface area contributed by atoms with Crippen molar-refractivity contribution >= 4 is 11.6 Å². The Morgan fingerprint density at radius 3 is 2.60 bits per heavy atom. The van der Waals surface area contributed by atoms with Crippen molar-refractivity contribution in [3.63, 3.8) is 0 Å². The van der Waals surface area contributed by atoms with Crippen LogP contribution in [0.15, 0.2) is 12.3 Å². The zero-order valence-corrected chi connectivity index (χ0v) is 6.73. The minimum absolute atomic E-state index is 0.528. The fraction of sp³-hybridized carbons (Fsp3) is 0.714. The molecule has 0 aromatic carbocycles. The number of alkyl halides is 1. The number of hydrogen-bond acceptors (Lipinski definition) is 2. The fourth-order valence-electron chi connectivity index (χ4n) is 0.964. The summed E-state index contributed by atoms with van der Waals surface area (Å²) in [5, 5.41) is 0. The maximum absolute atomic E-state index is 5.60. The Hall–Kier alpha value is -0.210. The number of allylic oxidation sites excluding steroid dienone is 1. The molecule has 0 saturated carbocycles. The van der Waals surface area contributed by atoms with Gasteiger partial charge in [-0.2, -0.15) is 0 Å². The SMILES string of the molecule is C=C(CCl)N1CCOCC1. The average Bonchev–Trinajstić information content (AvgIpc) is 2.05. The third-order valence-corrected chi connectivity index (χ3v) is 1.92. The molecule has 1 rings (SSSR count). The molecule has 1 aliphatic rings. The van der Waals surface area contributed by atoms with Gasteiger partial charge >= 0.3 is 0 Å². The smallest absolute Gasteiger partial charge is 0.0642 e. The minimum atomic E-state index is 0.528. The van der Waals surface area contributed by atoms with Crippen molar-refractivity contribution in [1.29, 1.82) is 0 Å². The van der Waals surface area contributed by atoms with Gasteiger partial charge in [-0.25, -0.2) is 0 Å². The van der Waals surface area contributed by atoms with Crippen LogP contribution in [0.1, 0.15) is 0 Å². The number of rotatable bonds is 2. The monoisotopic (exact) mass is 161 g/mol. The highest BCUT2D eigenvalue weighted by Crippen LogP contribution is 2.06. The summed E-state index contributed by atoms with van der Waals surface area (Å²) in [6.07, 6.45) is 0.